The summed E-state index contributed by atoms with van der Waals surface area (Å²) in [6.45, 7) is 8.07. The molecule has 0 bridgehead atoms. The van der Waals surface area contributed by atoms with Crippen molar-refractivity contribution in [1.82, 2.24) is 4.90 Å². The number of nitrogens with zero attached hydrogens (tertiary/aromatic N) is 1. The summed E-state index contributed by atoms with van der Waals surface area (Å²) in [5, 5.41) is 0. The van der Waals surface area contributed by atoms with Crippen molar-refractivity contribution in [2.75, 3.05) is 6.54 Å². The molecule has 100 valence electrons. The Bertz CT molecular complexity index is 234. The SMILES string of the molecule is CC(C)CCN(C(C)CC(N)=S)C1CCCC1. The first kappa shape index (κ1) is 14.9. The Hall–Kier alpha value is -0.150. The predicted molar refractivity (Wildman–Crippen MR) is 79.3 cm³/mol. The summed E-state index contributed by atoms with van der Waals surface area (Å²) in [6.07, 6.45) is 7.65. The molecule has 0 radical (unpaired) electrons. The third kappa shape index (κ3) is 5.35. The van der Waals surface area contributed by atoms with Crippen LogP contribution in [-0.2, 0) is 0 Å². The first-order valence-electron chi connectivity index (χ1n) is 7.04. The van der Waals surface area contributed by atoms with E-state index in [1.165, 1.54) is 38.6 Å². The number of hydrogen-bond donors (Lipinski definition) is 1. The van der Waals surface area contributed by atoms with Crippen molar-refractivity contribution < 1.29 is 0 Å². The van der Waals surface area contributed by atoms with Crippen molar-refractivity contribution in [2.45, 2.75) is 71.4 Å². The minimum atomic E-state index is 0.509. The fraction of sp³-hybridized carbons (Fsp3) is 0.929. The Morgan fingerprint density at radius 2 is 1.88 bits per heavy atom. The van der Waals surface area contributed by atoms with E-state index in [0.29, 0.717) is 11.0 Å². The zero-order chi connectivity index (χ0) is 12.8. The number of hydrogen-bond acceptors (Lipinski definition) is 2. The molecule has 2 nitrogen and oxygen atoms in total. The molecule has 1 aliphatic carbocycles. The van der Waals surface area contributed by atoms with Crippen LogP contribution in [0.5, 0.6) is 0 Å². The van der Waals surface area contributed by atoms with Crippen molar-refractivity contribution in [3.05, 3.63) is 0 Å². The molecule has 0 amide bonds. The molecular formula is C14H28N2S. The maximum absolute atomic E-state index is 5.69. The van der Waals surface area contributed by atoms with Crippen LogP contribution in [0.4, 0.5) is 0 Å². The highest BCUT2D eigenvalue weighted by Crippen LogP contribution is 2.26. The standard InChI is InChI=1S/C14H28N2S/c1-11(2)8-9-16(12(3)10-14(15)17)13-6-4-5-7-13/h11-13H,4-10H2,1-3H3,(H2,15,17). The van der Waals surface area contributed by atoms with E-state index in [9.17, 15) is 0 Å². The summed E-state index contributed by atoms with van der Waals surface area (Å²) in [4.78, 5) is 3.32. The first-order chi connectivity index (χ1) is 8.00. The molecule has 1 aliphatic rings. The van der Waals surface area contributed by atoms with Gasteiger partial charge in [0.1, 0.15) is 0 Å². The van der Waals surface area contributed by atoms with Crippen LogP contribution in [0.1, 0.15) is 59.3 Å². The van der Waals surface area contributed by atoms with Gasteiger partial charge in [0.25, 0.3) is 0 Å². The van der Waals surface area contributed by atoms with Crippen LogP contribution >= 0.6 is 12.2 Å². The fourth-order valence-corrected chi connectivity index (χ4v) is 3.06. The summed E-state index contributed by atoms with van der Waals surface area (Å²) in [7, 11) is 0. The van der Waals surface area contributed by atoms with E-state index < -0.39 is 0 Å². The normalized spacial score (nSPS) is 19.1. The van der Waals surface area contributed by atoms with Gasteiger partial charge in [-0.25, -0.2) is 0 Å². The predicted octanol–water partition coefficient (Wildman–Crippen LogP) is 3.34. The van der Waals surface area contributed by atoms with Crippen LogP contribution < -0.4 is 5.73 Å². The Kier molecular flexibility index (Phi) is 6.42. The van der Waals surface area contributed by atoms with Crippen LogP contribution in [-0.4, -0.2) is 28.5 Å². The topological polar surface area (TPSA) is 29.3 Å². The van der Waals surface area contributed by atoms with Gasteiger partial charge in [-0.05, 0) is 38.6 Å². The second kappa shape index (κ2) is 7.32. The molecule has 1 unspecified atom stereocenters. The van der Waals surface area contributed by atoms with E-state index in [1.807, 2.05) is 0 Å². The summed E-state index contributed by atoms with van der Waals surface area (Å²) >= 11 is 5.05. The lowest BCUT2D eigenvalue weighted by molar-refractivity contribution is 0.140. The lowest BCUT2D eigenvalue weighted by atomic mass is 10.1. The van der Waals surface area contributed by atoms with Gasteiger partial charge < -0.3 is 5.73 Å². The molecule has 0 heterocycles. The second-order valence-corrected chi connectivity index (χ2v) is 6.40. The zero-order valence-corrected chi connectivity index (χ0v) is 12.4. The molecule has 0 aromatic rings. The maximum atomic E-state index is 5.69. The molecule has 1 atom stereocenters. The van der Waals surface area contributed by atoms with E-state index in [0.717, 1.165) is 18.4 Å². The minimum absolute atomic E-state index is 0.509. The molecule has 0 aromatic carbocycles. The Balaban J connectivity index is 2.53. The molecule has 1 fully saturated rings. The van der Waals surface area contributed by atoms with E-state index in [-0.39, 0.29) is 0 Å². The van der Waals surface area contributed by atoms with Gasteiger partial charge in [0.15, 0.2) is 0 Å². The molecule has 1 rings (SSSR count). The molecular weight excluding hydrogens is 228 g/mol. The number of rotatable bonds is 7. The van der Waals surface area contributed by atoms with Crippen molar-refractivity contribution in [2.24, 2.45) is 11.7 Å². The van der Waals surface area contributed by atoms with Gasteiger partial charge in [-0.15, -0.1) is 0 Å². The van der Waals surface area contributed by atoms with Crippen molar-refractivity contribution in [1.29, 1.82) is 0 Å². The highest BCUT2D eigenvalue weighted by Gasteiger charge is 2.26. The average Bonchev–Trinajstić information content (AvgIpc) is 2.69. The van der Waals surface area contributed by atoms with Crippen molar-refractivity contribution in [3.63, 3.8) is 0 Å². The summed E-state index contributed by atoms with van der Waals surface area (Å²) < 4.78 is 0. The van der Waals surface area contributed by atoms with Gasteiger partial charge in [-0.1, -0.05) is 38.9 Å². The van der Waals surface area contributed by atoms with Gasteiger partial charge in [0.2, 0.25) is 0 Å². The smallest absolute Gasteiger partial charge is 0.0742 e. The molecule has 0 aromatic heterocycles. The van der Waals surface area contributed by atoms with Gasteiger partial charge >= 0.3 is 0 Å². The first-order valence-corrected chi connectivity index (χ1v) is 7.45. The van der Waals surface area contributed by atoms with Gasteiger partial charge in [-0.2, -0.15) is 0 Å². The molecule has 0 saturated heterocycles. The lowest BCUT2D eigenvalue weighted by Crippen LogP contribution is -2.43. The quantitative estimate of drug-likeness (QED) is 0.708. The summed E-state index contributed by atoms with van der Waals surface area (Å²) in [6, 6.07) is 1.28. The molecule has 0 spiro atoms. The van der Waals surface area contributed by atoms with E-state index in [2.05, 4.69) is 25.7 Å². The molecule has 0 aliphatic heterocycles. The average molecular weight is 256 g/mol. The maximum Gasteiger partial charge on any atom is 0.0742 e. The third-order valence-electron chi connectivity index (χ3n) is 3.82. The van der Waals surface area contributed by atoms with Crippen LogP contribution in [0.25, 0.3) is 0 Å². The molecule has 1 saturated carbocycles. The van der Waals surface area contributed by atoms with E-state index in [1.54, 1.807) is 0 Å². The van der Waals surface area contributed by atoms with Crippen molar-refractivity contribution >= 4 is 17.2 Å². The molecule has 3 heteroatoms. The van der Waals surface area contributed by atoms with Crippen LogP contribution in [0.15, 0.2) is 0 Å². The van der Waals surface area contributed by atoms with Crippen LogP contribution in [0.3, 0.4) is 0 Å². The molecule has 2 N–H and O–H groups in total. The van der Waals surface area contributed by atoms with E-state index in [4.69, 9.17) is 18.0 Å². The zero-order valence-electron chi connectivity index (χ0n) is 11.6. The second-order valence-electron chi connectivity index (χ2n) is 5.88. The third-order valence-corrected chi connectivity index (χ3v) is 3.99. The lowest BCUT2D eigenvalue weighted by Gasteiger charge is -2.35. The van der Waals surface area contributed by atoms with Gasteiger partial charge in [0.05, 0.1) is 4.99 Å². The van der Waals surface area contributed by atoms with Crippen LogP contribution in [0, 0.1) is 5.92 Å². The molecule has 17 heavy (non-hydrogen) atoms. The highest BCUT2D eigenvalue weighted by atomic mass is 32.1. The summed E-state index contributed by atoms with van der Waals surface area (Å²) in [5.41, 5.74) is 5.69. The van der Waals surface area contributed by atoms with Crippen molar-refractivity contribution in [3.8, 4) is 0 Å². The summed E-state index contributed by atoms with van der Waals surface area (Å²) in [5.74, 6) is 0.774. The monoisotopic (exact) mass is 256 g/mol. The largest absolute Gasteiger partial charge is 0.393 e. The minimum Gasteiger partial charge on any atom is -0.393 e. The van der Waals surface area contributed by atoms with Gasteiger partial charge in [-0.3, -0.25) is 4.90 Å². The van der Waals surface area contributed by atoms with E-state index >= 15 is 0 Å². The number of nitrogens with two attached hydrogens (primary N) is 1. The highest BCUT2D eigenvalue weighted by molar-refractivity contribution is 7.80. The van der Waals surface area contributed by atoms with Crippen LogP contribution in [0.2, 0.25) is 0 Å². The Morgan fingerprint density at radius 3 is 2.35 bits per heavy atom. The Morgan fingerprint density at radius 1 is 1.29 bits per heavy atom. The van der Waals surface area contributed by atoms with Gasteiger partial charge in [0, 0.05) is 18.5 Å². The number of thiocarbonyl (C=S) groups is 1. The Labute approximate surface area is 112 Å². The fourth-order valence-electron chi connectivity index (χ4n) is 2.81.